The van der Waals surface area contributed by atoms with Gasteiger partial charge in [0.15, 0.2) is 5.76 Å². The Labute approximate surface area is 348 Å². The number of nitrogens with zero attached hydrogens (tertiary/aromatic N) is 1. The quantitative estimate of drug-likeness (QED) is 0.0982. The van der Waals surface area contributed by atoms with Crippen LogP contribution in [0.15, 0.2) is 30.2 Å². The van der Waals surface area contributed by atoms with Crippen molar-refractivity contribution in [3.8, 4) is 0 Å². The van der Waals surface area contributed by atoms with E-state index in [-0.39, 0.29) is 102 Å². The lowest BCUT2D eigenvalue weighted by Gasteiger charge is -2.72. The number of carbonyl (C=O) groups is 5. The molecule has 6 aliphatic rings. The van der Waals surface area contributed by atoms with Gasteiger partial charge in [0, 0.05) is 30.3 Å². The first-order valence-electron chi connectivity index (χ1n) is 21.8. The highest BCUT2D eigenvalue weighted by molar-refractivity contribution is 6.23. The average Bonchev–Trinajstić information content (AvgIpc) is 3.77. The molecule has 2 N–H and O–H groups in total. The second kappa shape index (κ2) is 15.6. The van der Waals surface area contributed by atoms with Gasteiger partial charge in [-0.25, -0.2) is 0 Å². The van der Waals surface area contributed by atoms with Gasteiger partial charge in [0.2, 0.25) is 11.6 Å². The van der Waals surface area contributed by atoms with E-state index in [0.29, 0.717) is 23.8 Å². The molecule has 1 heterocycles. The molecule has 1 aromatic heterocycles. The Morgan fingerprint density at radius 1 is 0.864 bits per heavy atom. The molecule has 12 heteroatoms. The summed E-state index contributed by atoms with van der Waals surface area (Å²) in [5.74, 6) is -1.09. The van der Waals surface area contributed by atoms with Crippen LogP contribution < -0.4 is 0 Å². The van der Waals surface area contributed by atoms with Crippen LogP contribution in [0, 0.1) is 56.7 Å². The first kappa shape index (κ1) is 43.3. The molecule has 5 saturated carbocycles. The number of rotatable bonds is 12. The molecule has 1 aromatic rings. The fourth-order valence-corrected chi connectivity index (χ4v) is 14.3. The summed E-state index contributed by atoms with van der Waals surface area (Å²) >= 11 is 0. The highest BCUT2D eigenvalue weighted by atomic mass is 16.6. The van der Waals surface area contributed by atoms with E-state index in [9.17, 15) is 34.2 Å². The summed E-state index contributed by atoms with van der Waals surface area (Å²) in [6.45, 7) is 15.6. The zero-order valence-electron chi connectivity index (χ0n) is 36.2. The molecule has 0 spiro atoms. The lowest BCUT2D eigenvalue weighted by molar-refractivity contribution is -0.254. The number of aliphatic hydroxyl groups excluding tert-OH is 2. The lowest BCUT2D eigenvalue weighted by atomic mass is 9.32. The maximum Gasteiger partial charge on any atom is 0.312 e. The summed E-state index contributed by atoms with van der Waals surface area (Å²) in [5, 5.41) is 21.7. The molecule has 0 saturated heterocycles. The SMILES string of the molecule is C=C(C)[C@@H]1CC[C@]2(C(=O)OCCOC(=O)CCC(=O)OCc3cn(C)c4c3C(=O)C(OC)=CC4=O)CC[C@]3(C)[C@H](CC[C@@H]4[C@@]5(C)CC[C@H](O)[C@@](C)(CO)[C@@H]5CC[C@]43C)[C@@H]12. The number of esters is 3. The van der Waals surface area contributed by atoms with E-state index >= 15 is 0 Å². The van der Waals surface area contributed by atoms with Gasteiger partial charge >= 0.3 is 17.9 Å². The second-order valence-electron chi connectivity index (χ2n) is 20.0. The Morgan fingerprint density at radius 2 is 1.56 bits per heavy atom. The fraction of sp³-hybridized carbons (Fsp3) is 0.723. The van der Waals surface area contributed by atoms with Gasteiger partial charge in [0.25, 0.3) is 0 Å². The van der Waals surface area contributed by atoms with Crippen molar-refractivity contribution in [3.63, 3.8) is 0 Å². The zero-order chi connectivity index (χ0) is 42.9. The molecule has 0 aliphatic heterocycles. The number of hydrogen-bond acceptors (Lipinski definition) is 11. The summed E-state index contributed by atoms with van der Waals surface area (Å²) in [4.78, 5) is 64.9. The summed E-state index contributed by atoms with van der Waals surface area (Å²) in [6.07, 6.45) is 10.8. The summed E-state index contributed by atoms with van der Waals surface area (Å²) < 4.78 is 23.3. The Hall–Kier alpha value is -3.77. The van der Waals surface area contributed by atoms with Crippen LogP contribution in [0.1, 0.15) is 138 Å². The van der Waals surface area contributed by atoms with E-state index in [1.54, 1.807) is 13.2 Å². The first-order chi connectivity index (χ1) is 27.8. The Morgan fingerprint density at radius 3 is 2.24 bits per heavy atom. The number of allylic oxidation sites excluding steroid dienone is 3. The number of ketones is 2. The minimum atomic E-state index is -0.669. The average molecular weight is 820 g/mol. The molecule has 6 aliphatic carbocycles. The van der Waals surface area contributed by atoms with Crippen LogP contribution >= 0.6 is 0 Å². The highest BCUT2D eigenvalue weighted by Crippen LogP contribution is 2.77. The minimum absolute atomic E-state index is 0.000590. The molecular weight excluding hydrogens is 755 g/mol. The van der Waals surface area contributed by atoms with E-state index in [0.717, 1.165) is 69.4 Å². The summed E-state index contributed by atoms with van der Waals surface area (Å²) in [7, 11) is 2.93. The molecule has 324 valence electrons. The number of ether oxygens (including phenoxy) is 4. The predicted octanol–water partition coefficient (Wildman–Crippen LogP) is 6.84. The molecule has 0 bridgehead atoms. The summed E-state index contributed by atoms with van der Waals surface area (Å²) in [6, 6.07) is 0. The molecule has 0 unspecified atom stereocenters. The number of aromatic nitrogens is 1. The van der Waals surface area contributed by atoms with Gasteiger partial charge in [-0.05, 0) is 117 Å². The maximum atomic E-state index is 14.3. The van der Waals surface area contributed by atoms with E-state index in [4.69, 9.17) is 18.9 Å². The van der Waals surface area contributed by atoms with Crippen LogP contribution in [0.3, 0.4) is 0 Å². The monoisotopic (exact) mass is 819 g/mol. The zero-order valence-corrected chi connectivity index (χ0v) is 36.2. The van der Waals surface area contributed by atoms with Crippen LogP contribution in [0.2, 0.25) is 0 Å². The number of Topliss-reactive ketones (excluding diaryl/α,β-unsaturated/α-hetero) is 1. The Bertz CT molecular complexity index is 1950. The minimum Gasteiger partial charge on any atom is -0.492 e. The number of methoxy groups -OCH3 is 1. The number of hydrogen-bond donors (Lipinski definition) is 2. The van der Waals surface area contributed by atoms with Gasteiger partial charge < -0.3 is 33.7 Å². The molecule has 59 heavy (non-hydrogen) atoms. The van der Waals surface area contributed by atoms with Crippen molar-refractivity contribution in [2.75, 3.05) is 26.9 Å². The molecule has 5 fully saturated rings. The third-order valence-electron chi connectivity index (χ3n) is 17.5. The predicted molar refractivity (Wildman–Crippen MR) is 217 cm³/mol. The van der Waals surface area contributed by atoms with Gasteiger partial charge in [0.1, 0.15) is 25.5 Å². The van der Waals surface area contributed by atoms with E-state index in [2.05, 4.69) is 41.2 Å². The Balaban J connectivity index is 0.945. The molecule has 7 rings (SSSR count). The third-order valence-corrected chi connectivity index (χ3v) is 17.5. The fourth-order valence-electron chi connectivity index (χ4n) is 14.3. The van der Waals surface area contributed by atoms with Gasteiger partial charge in [-0.15, -0.1) is 0 Å². The number of fused-ring (bicyclic) bond motifs is 8. The number of aryl methyl sites for hydroxylation is 1. The van der Waals surface area contributed by atoms with E-state index in [1.165, 1.54) is 11.7 Å². The van der Waals surface area contributed by atoms with Gasteiger partial charge in [0.05, 0.1) is 43.6 Å². The topological polar surface area (TPSA) is 168 Å². The van der Waals surface area contributed by atoms with Crippen LogP contribution in [0.4, 0.5) is 0 Å². The van der Waals surface area contributed by atoms with Gasteiger partial charge in [-0.2, -0.15) is 0 Å². The molecule has 11 atom stereocenters. The maximum absolute atomic E-state index is 14.3. The number of carbonyl (C=O) groups excluding carboxylic acids is 5. The molecule has 0 amide bonds. The molecule has 12 nitrogen and oxygen atoms in total. The number of aliphatic hydroxyl groups is 2. The highest BCUT2D eigenvalue weighted by Gasteiger charge is 2.72. The van der Waals surface area contributed by atoms with Gasteiger partial charge in [-0.3, -0.25) is 24.0 Å². The van der Waals surface area contributed by atoms with Crippen molar-refractivity contribution in [3.05, 3.63) is 47.0 Å². The van der Waals surface area contributed by atoms with E-state index in [1.807, 2.05) is 0 Å². The van der Waals surface area contributed by atoms with Crippen LogP contribution in [-0.4, -0.2) is 77.3 Å². The van der Waals surface area contributed by atoms with Crippen molar-refractivity contribution in [2.24, 2.45) is 63.7 Å². The van der Waals surface area contributed by atoms with Crippen molar-refractivity contribution in [1.82, 2.24) is 4.57 Å². The molecule has 0 radical (unpaired) electrons. The molecule has 0 aromatic carbocycles. The van der Waals surface area contributed by atoms with Crippen molar-refractivity contribution >= 4 is 29.5 Å². The third kappa shape index (κ3) is 6.64. The van der Waals surface area contributed by atoms with Gasteiger partial charge in [-0.1, -0.05) is 39.8 Å². The smallest absolute Gasteiger partial charge is 0.312 e. The van der Waals surface area contributed by atoms with Crippen LogP contribution in [0.25, 0.3) is 0 Å². The first-order valence-corrected chi connectivity index (χ1v) is 21.8. The van der Waals surface area contributed by atoms with E-state index < -0.39 is 34.7 Å². The lowest BCUT2D eigenvalue weighted by Crippen LogP contribution is -2.67. The normalized spacial score (nSPS) is 38.4. The van der Waals surface area contributed by atoms with Crippen LogP contribution in [0.5, 0.6) is 0 Å². The Kier molecular flexibility index (Phi) is 11.5. The largest absolute Gasteiger partial charge is 0.492 e. The summed E-state index contributed by atoms with van der Waals surface area (Å²) in [5.41, 5.74) is 0.732. The van der Waals surface area contributed by atoms with Crippen molar-refractivity contribution in [1.29, 1.82) is 0 Å². The molecular formula is C47H65NO11. The van der Waals surface area contributed by atoms with Crippen LogP contribution in [-0.2, 0) is 47.0 Å². The van der Waals surface area contributed by atoms with Crippen molar-refractivity contribution < 1.29 is 53.1 Å². The van der Waals surface area contributed by atoms with Crippen molar-refractivity contribution in [2.45, 2.75) is 124 Å². The second-order valence-corrected chi connectivity index (χ2v) is 20.0. The standard InChI is InChI=1S/C47H65NO11/c1-27(2)29-13-18-47(20-19-45(5)30(39(29)47)9-10-34-43(3)16-15-35(51)44(4,26-49)33(43)14-17-46(34,45)6)42(55)58-22-21-57-36(52)11-12-37(53)59-25-28-24-48(7)40-31(50)23-32(56-8)41(54)38(28)40/h23-24,29-30,33-35,39,49,51H,1,9-22,25-26H2,2-8H3/t29-,30+,33+,34+,35-,39+,43-,44-,45+,46+,47-/m0/s1.